The highest BCUT2D eigenvalue weighted by atomic mass is 15.1. The Morgan fingerprint density at radius 2 is 2.38 bits per heavy atom. The summed E-state index contributed by atoms with van der Waals surface area (Å²) < 4.78 is 1.95. The summed E-state index contributed by atoms with van der Waals surface area (Å²) in [6.07, 6.45) is 4.20. The number of nitrogens with zero attached hydrogens (tertiary/aromatic N) is 4. The molecule has 3 rings (SSSR count). The molecule has 1 fully saturated rings. The second-order valence-corrected chi connectivity index (χ2v) is 4.34. The smallest absolute Gasteiger partial charge is 0.160 e. The highest BCUT2D eigenvalue weighted by molar-refractivity contribution is 5.72. The first-order chi connectivity index (χ1) is 7.79. The van der Waals surface area contributed by atoms with Gasteiger partial charge >= 0.3 is 0 Å². The van der Waals surface area contributed by atoms with Crippen LogP contribution < -0.4 is 0 Å². The molecular formula is C12H12N4. The van der Waals surface area contributed by atoms with Gasteiger partial charge in [-0.2, -0.15) is 5.26 Å². The fraction of sp³-hybridized carbons (Fsp3) is 0.417. The molecule has 2 aromatic rings. The predicted octanol–water partition coefficient (Wildman–Crippen LogP) is 2.14. The van der Waals surface area contributed by atoms with E-state index < -0.39 is 0 Å². The van der Waals surface area contributed by atoms with Crippen molar-refractivity contribution < 1.29 is 0 Å². The Hall–Kier alpha value is -1.89. The molecule has 0 unspecified atom stereocenters. The lowest BCUT2D eigenvalue weighted by Crippen LogP contribution is -2.02. The first-order valence-electron chi connectivity index (χ1n) is 5.49. The lowest BCUT2D eigenvalue weighted by molar-refractivity contribution is 0.762. The highest BCUT2D eigenvalue weighted by Gasteiger charge is 2.29. The summed E-state index contributed by atoms with van der Waals surface area (Å²) in [6, 6.07) is 4.21. The minimum atomic E-state index is 0.346. The number of hydrogen-bond donors (Lipinski definition) is 0. The lowest BCUT2D eigenvalue weighted by atomic mass is 10.3. The molecule has 0 saturated heterocycles. The van der Waals surface area contributed by atoms with Crippen LogP contribution in [-0.2, 0) is 6.54 Å². The zero-order chi connectivity index (χ0) is 11.1. The lowest BCUT2D eigenvalue weighted by Gasteiger charge is -2.01. The van der Waals surface area contributed by atoms with Gasteiger partial charge in [-0.25, -0.2) is 9.97 Å². The maximum absolute atomic E-state index is 8.85. The van der Waals surface area contributed by atoms with E-state index in [0.717, 1.165) is 22.6 Å². The van der Waals surface area contributed by atoms with E-state index in [0.29, 0.717) is 12.5 Å². The summed E-state index contributed by atoms with van der Waals surface area (Å²) in [4.78, 5) is 8.98. The van der Waals surface area contributed by atoms with Crippen molar-refractivity contribution in [3.63, 3.8) is 0 Å². The van der Waals surface area contributed by atoms with E-state index in [4.69, 9.17) is 5.26 Å². The minimum absolute atomic E-state index is 0.346. The normalized spacial score (nSPS) is 15.2. The third-order valence-corrected chi connectivity index (χ3v) is 2.92. The number of nitriles is 1. The SMILES string of the molecule is Cc1cnc2c(c1)nc(C1CC1)n2CC#N. The Kier molecular flexibility index (Phi) is 1.93. The molecule has 0 spiro atoms. The average molecular weight is 212 g/mol. The van der Waals surface area contributed by atoms with Crippen molar-refractivity contribution in [1.82, 2.24) is 14.5 Å². The van der Waals surface area contributed by atoms with Crippen LogP contribution in [0.3, 0.4) is 0 Å². The number of hydrogen-bond acceptors (Lipinski definition) is 3. The summed E-state index contributed by atoms with van der Waals surface area (Å²) in [5.41, 5.74) is 2.86. The quantitative estimate of drug-likeness (QED) is 0.766. The number of aryl methyl sites for hydroxylation is 1. The van der Waals surface area contributed by atoms with Gasteiger partial charge in [-0.1, -0.05) is 0 Å². The molecule has 0 aromatic carbocycles. The molecule has 0 aliphatic heterocycles. The van der Waals surface area contributed by atoms with Gasteiger partial charge in [0.2, 0.25) is 0 Å². The molecule has 0 N–H and O–H groups in total. The van der Waals surface area contributed by atoms with Crippen LogP contribution in [-0.4, -0.2) is 14.5 Å². The highest BCUT2D eigenvalue weighted by Crippen LogP contribution is 2.40. The summed E-state index contributed by atoms with van der Waals surface area (Å²) in [5.74, 6) is 1.58. The number of rotatable bonds is 2. The molecule has 1 aliphatic rings. The fourth-order valence-electron chi connectivity index (χ4n) is 2.01. The molecule has 0 radical (unpaired) electrons. The molecule has 0 atom stereocenters. The maximum atomic E-state index is 8.85. The minimum Gasteiger partial charge on any atom is -0.298 e. The molecule has 4 nitrogen and oxygen atoms in total. The van der Waals surface area contributed by atoms with E-state index in [9.17, 15) is 0 Å². The van der Waals surface area contributed by atoms with Gasteiger partial charge in [0.15, 0.2) is 5.65 Å². The van der Waals surface area contributed by atoms with Crippen LogP contribution in [0.2, 0.25) is 0 Å². The molecule has 0 bridgehead atoms. The molecule has 0 amide bonds. The molecule has 1 aliphatic carbocycles. The van der Waals surface area contributed by atoms with Crippen LogP contribution in [0.4, 0.5) is 0 Å². The monoisotopic (exact) mass is 212 g/mol. The summed E-state index contributed by atoms with van der Waals surface area (Å²) in [5, 5.41) is 8.85. The average Bonchev–Trinajstić information content (AvgIpc) is 3.04. The molecule has 2 aromatic heterocycles. The van der Waals surface area contributed by atoms with Crippen molar-refractivity contribution in [3.05, 3.63) is 23.7 Å². The Balaban J connectivity index is 2.24. The van der Waals surface area contributed by atoms with Gasteiger partial charge in [0, 0.05) is 12.1 Å². The Bertz CT molecular complexity index is 587. The second-order valence-electron chi connectivity index (χ2n) is 4.34. The zero-order valence-electron chi connectivity index (χ0n) is 9.14. The molecule has 2 heterocycles. The first-order valence-corrected chi connectivity index (χ1v) is 5.49. The zero-order valence-corrected chi connectivity index (χ0v) is 9.14. The van der Waals surface area contributed by atoms with E-state index in [1.807, 2.05) is 23.8 Å². The van der Waals surface area contributed by atoms with Gasteiger partial charge in [0.25, 0.3) is 0 Å². The first kappa shape index (κ1) is 9.34. The van der Waals surface area contributed by atoms with Crippen LogP contribution in [0.15, 0.2) is 12.3 Å². The van der Waals surface area contributed by atoms with Crippen LogP contribution in [0, 0.1) is 18.3 Å². The molecule has 80 valence electrons. The Labute approximate surface area is 93.5 Å². The molecule has 16 heavy (non-hydrogen) atoms. The van der Waals surface area contributed by atoms with Gasteiger partial charge < -0.3 is 0 Å². The van der Waals surface area contributed by atoms with Gasteiger partial charge in [-0.05, 0) is 31.4 Å². The summed E-state index contributed by atoms with van der Waals surface area (Å²) >= 11 is 0. The van der Waals surface area contributed by atoms with Gasteiger partial charge in [0.05, 0.1) is 6.07 Å². The van der Waals surface area contributed by atoms with Gasteiger partial charge in [-0.15, -0.1) is 0 Å². The van der Waals surface area contributed by atoms with Crippen molar-refractivity contribution in [3.8, 4) is 6.07 Å². The number of fused-ring (bicyclic) bond motifs is 1. The predicted molar refractivity (Wildman–Crippen MR) is 59.9 cm³/mol. The van der Waals surface area contributed by atoms with Crippen LogP contribution in [0.1, 0.15) is 30.1 Å². The van der Waals surface area contributed by atoms with E-state index in [1.165, 1.54) is 12.8 Å². The van der Waals surface area contributed by atoms with E-state index >= 15 is 0 Å². The Morgan fingerprint density at radius 3 is 3.06 bits per heavy atom. The largest absolute Gasteiger partial charge is 0.298 e. The van der Waals surface area contributed by atoms with Gasteiger partial charge in [-0.3, -0.25) is 4.57 Å². The van der Waals surface area contributed by atoms with Crippen LogP contribution >= 0.6 is 0 Å². The van der Waals surface area contributed by atoms with Crippen molar-refractivity contribution in [2.75, 3.05) is 0 Å². The van der Waals surface area contributed by atoms with Crippen LogP contribution in [0.5, 0.6) is 0 Å². The maximum Gasteiger partial charge on any atom is 0.160 e. The fourth-order valence-corrected chi connectivity index (χ4v) is 2.01. The third kappa shape index (κ3) is 1.36. The number of imidazole rings is 1. The Morgan fingerprint density at radius 1 is 1.56 bits per heavy atom. The molecule has 1 saturated carbocycles. The summed E-state index contributed by atoms with van der Waals surface area (Å²) in [6.45, 7) is 2.35. The number of aromatic nitrogens is 3. The van der Waals surface area contributed by atoms with E-state index in [-0.39, 0.29) is 0 Å². The van der Waals surface area contributed by atoms with Crippen LogP contribution in [0.25, 0.3) is 11.2 Å². The molecule has 4 heteroatoms. The van der Waals surface area contributed by atoms with Crippen molar-refractivity contribution in [1.29, 1.82) is 5.26 Å². The second kappa shape index (κ2) is 3.31. The third-order valence-electron chi connectivity index (χ3n) is 2.92. The van der Waals surface area contributed by atoms with Crippen molar-refractivity contribution in [2.45, 2.75) is 32.2 Å². The van der Waals surface area contributed by atoms with E-state index in [2.05, 4.69) is 16.0 Å². The number of pyridine rings is 1. The topological polar surface area (TPSA) is 54.5 Å². The van der Waals surface area contributed by atoms with E-state index in [1.54, 1.807) is 0 Å². The summed E-state index contributed by atoms with van der Waals surface area (Å²) in [7, 11) is 0. The van der Waals surface area contributed by atoms with Crippen molar-refractivity contribution >= 4 is 11.2 Å². The van der Waals surface area contributed by atoms with Gasteiger partial charge in [0.1, 0.15) is 17.9 Å². The molecular weight excluding hydrogens is 200 g/mol. The standard InChI is InChI=1S/C12H12N4/c1-8-6-10-12(14-7-8)16(5-4-13)11(15-10)9-2-3-9/h6-7,9H,2-3,5H2,1H3. The van der Waals surface area contributed by atoms with Crippen molar-refractivity contribution in [2.24, 2.45) is 0 Å².